The lowest BCUT2D eigenvalue weighted by Gasteiger charge is -2.35. The fraction of sp³-hybridized carbons (Fsp3) is 0.312. The van der Waals surface area contributed by atoms with Crippen LogP contribution in [-0.2, 0) is 0 Å². The molecule has 120 valence electrons. The van der Waals surface area contributed by atoms with Gasteiger partial charge in [0.05, 0.1) is 5.02 Å². The van der Waals surface area contributed by atoms with E-state index in [1.165, 1.54) is 0 Å². The van der Waals surface area contributed by atoms with Crippen molar-refractivity contribution in [2.24, 2.45) is 0 Å². The smallest absolute Gasteiger partial charge is 0.323 e. The molecule has 0 atom stereocenters. The minimum absolute atomic E-state index is 0.126. The topological polar surface area (TPSA) is 61.4 Å². The fourth-order valence-corrected chi connectivity index (χ4v) is 2.77. The van der Waals surface area contributed by atoms with Gasteiger partial charge in [0.2, 0.25) is 0 Å². The molecule has 2 aromatic rings. The third-order valence-electron chi connectivity index (χ3n) is 3.84. The maximum absolute atomic E-state index is 12.3. The van der Waals surface area contributed by atoms with Gasteiger partial charge < -0.3 is 9.80 Å². The number of carbonyl (C=O) groups is 1. The molecule has 1 fully saturated rings. The molecule has 1 N–H and O–H groups in total. The van der Waals surface area contributed by atoms with E-state index in [2.05, 4.69) is 20.2 Å². The van der Waals surface area contributed by atoms with Gasteiger partial charge in [-0.1, -0.05) is 17.7 Å². The molecule has 1 aliphatic heterocycles. The van der Waals surface area contributed by atoms with Crippen molar-refractivity contribution in [3.63, 3.8) is 0 Å². The predicted molar refractivity (Wildman–Crippen MR) is 91.0 cm³/mol. The Bertz CT molecular complexity index is 700. The van der Waals surface area contributed by atoms with E-state index in [1.54, 1.807) is 17.3 Å². The summed E-state index contributed by atoms with van der Waals surface area (Å²) in [4.78, 5) is 24.7. The van der Waals surface area contributed by atoms with Gasteiger partial charge in [-0.2, -0.15) is 0 Å². The van der Waals surface area contributed by atoms with Crippen LogP contribution in [0.4, 0.5) is 16.4 Å². The summed E-state index contributed by atoms with van der Waals surface area (Å²) in [6, 6.07) is 7.28. The number of rotatable bonds is 2. The van der Waals surface area contributed by atoms with Crippen LogP contribution in [0.1, 0.15) is 5.56 Å². The zero-order chi connectivity index (χ0) is 16.2. The first-order valence-corrected chi connectivity index (χ1v) is 7.86. The van der Waals surface area contributed by atoms with Crippen LogP contribution in [0, 0.1) is 6.92 Å². The van der Waals surface area contributed by atoms with Crippen LogP contribution in [0.5, 0.6) is 0 Å². The van der Waals surface area contributed by atoms with Crippen LogP contribution in [0.3, 0.4) is 0 Å². The summed E-state index contributed by atoms with van der Waals surface area (Å²) in [5.74, 6) is 1.38. The number of anilines is 2. The van der Waals surface area contributed by atoms with Crippen molar-refractivity contribution in [3.8, 4) is 0 Å². The summed E-state index contributed by atoms with van der Waals surface area (Å²) in [6.45, 7) is 4.55. The van der Waals surface area contributed by atoms with Gasteiger partial charge in [0.1, 0.15) is 11.6 Å². The molecule has 0 saturated carbocycles. The summed E-state index contributed by atoms with van der Waals surface area (Å²) in [7, 11) is 0. The summed E-state index contributed by atoms with van der Waals surface area (Å²) in [5, 5.41) is 3.50. The lowest BCUT2D eigenvalue weighted by molar-refractivity contribution is 0.208. The highest BCUT2D eigenvalue weighted by molar-refractivity contribution is 6.32. The van der Waals surface area contributed by atoms with E-state index in [4.69, 9.17) is 11.6 Å². The Hall–Kier alpha value is -2.34. The molecule has 3 rings (SSSR count). The Labute approximate surface area is 140 Å². The Morgan fingerprint density at radius 1 is 1.13 bits per heavy atom. The quantitative estimate of drug-likeness (QED) is 0.919. The second-order valence-corrected chi connectivity index (χ2v) is 5.79. The average molecular weight is 332 g/mol. The number of halogens is 1. The van der Waals surface area contributed by atoms with E-state index in [-0.39, 0.29) is 6.03 Å². The van der Waals surface area contributed by atoms with Crippen molar-refractivity contribution in [3.05, 3.63) is 47.2 Å². The second-order valence-electron chi connectivity index (χ2n) is 5.38. The molecule has 2 amide bonds. The third kappa shape index (κ3) is 3.53. The van der Waals surface area contributed by atoms with Crippen molar-refractivity contribution in [1.82, 2.24) is 14.9 Å². The molecule has 3 heterocycles. The van der Waals surface area contributed by atoms with Crippen molar-refractivity contribution in [2.75, 3.05) is 36.4 Å². The highest BCUT2D eigenvalue weighted by Gasteiger charge is 2.23. The Morgan fingerprint density at radius 3 is 2.52 bits per heavy atom. The Kier molecular flexibility index (Phi) is 4.62. The molecule has 2 aromatic heterocycles. The Balaban J connectivity index is 1.60. The number of carbonyl (C=O) groups excluding carboxylic acids is 1. The van der Waals surface area contributed by atoms with Crippen LogP contribution in [0.25, 0.3) is 0 Å². The minimum Gasteiger partial charge on any atom is -0.352 e. The molecule has 0 unspecified atom stereocenters. The number of amides is 2. The van der Waals surface area contributed by atoms with Crippen molar-refractivity contribution in [1.29, 1.82) is 0 Å². The predicted octanol–water partition coefficient (Wildman–Crippen LogP) is 2.79. The van der Waals surface area contributed by atoms with Gasteiger partial charge in [0, 0.05) is 38.6 Å². The number of nitrogens with zero attached hydrogens (tertiary/aromatic N) is 4. The van der Waals surface area contributed by atoms with Gasteiger partial charge in [0.25, 0.3) is 0 Å². The maximum Gasteiger partial charge on any atom is 0.323 e. The first kappa shape index (κ1) is 15.6. The summed E-state index contributed by atoms with van der Waals surface area (Å²) in [5.41, 5.74) is 0.944. The van der Waals surface area contributed by atoms with Gasteiger partial charge in [-0.3, -0.25) is 5.32 Å². The lowest BCUT2D eigenvalue weighted by atomic mass is 10.3. The standard InChI is InChI=1S/C16H18ClN5O/c1-12-4-2-6-18-14(12)20-16(23)22-10-8-21(9-11-22)15-13(17)5-3-7-19-15/h2-7H,8-11H2,1H3,(H,18,20,23). The van der Waals surface area contributed by atoms with Crippen LogP contribution in [-0.4, -0.2) is 47.1 Å². The summed E-state index contributed by atoms with van der Waals surface area (Å²) >= 11 is 6.18. The molecule has 1 aliphatic rings. The van der Waals surface area contributed by atoms with E-state index in [0.717, 1.165) is 11.4 Å². The number of piperazine rings is 1. The van der Waals surface area contributed by atoms with Gasteiger partial charge in [0.15, 0.2) is 0 Å². The minimum atomic E-state index is -0.126. The average Bonchev–Trinajstić information content (AvgIpc) is 2.57. The number of pyridine rings is 2. The number of hydrogen-bond donors (Lipinski definition) is 1. The molecule has 0 spiro atoms. The number of urea groups is 1. The molecule has 0 bridgehead atoms. The molecule has 1 saturated heterocycles. The number of hydrogen-bond acceptors (Lipinski definition) is 4. The third-order valence-corrected chi connectivity index (χ3v) is 4.14. The van der Waals surface area contributed by atoms with E-state index >= 15 is 0 Å². The fourth-order valence-electron chi connectivity index (χ4n) is 2.53. The second kappa shape index (κ2) is 6.83. The summed E-state index contributed by atoms with van der Waals surface area (Å²) in [6.07, 6.45) is 3.40. The molecule has 23 heavy (non-hydrogen) atoms. The highest BCUT2D eigenvalue weighted by Crippen LogP contribution is 2.23. The summed E-state index contributed by atoms with van der Waals surface area (Å²) < 4.78 is 0. The molecule has 0 aromatic carbocycles. The normalized spacial score (nSPS) is 14.7. The molecule has 7 heteroatoms. The van der Waals surface area contributed by atoms with E-state index < -0.39 is 0 Å². The van der Waals surface area contributed by atoms with Crippen LogP contribution in [0.2, 0.25) is 5.02 Å². The van der Waals surface area contributed by atoms with E-state index in [9.17, 15) is 4.79 Å². The highest BCUT2D eigenvalue weighted by atomic mass is 35.5. The molecular formula is C16H18ClN5O. The van der Waals surface area contributed by atoms with Crippen LogP contribution < -0.4 is 10.2 Å². The maximum atomic E-state index is 12.3. The van der Waals surface area contributed by atoms with Crippen molar-refractivity contribution in [2.45, 2.75) is 6.92 Å². The van der Waals surface area contributed by atoms with Gasteiger partial charge in [-0.05, 0) is 30.7 Å². The zero-order valence-corrected chi connectivity index (χ0v) is 13.6. The van der Waals surface area contributed by atoms with Crippen LogP contribution >= 0.6 is 11.6 Å². The number of aryl methyl sites for hydroxylation is 1. The molecule has 0 aliphatic carbocycles. The number of nitrogens with one attached hydrogen (secondary N) is 1. The van der Waals surface area contributed by atoms with Gasteiger partial charge in [-0.15, -0.1) is 0 Å². The van der Waals surface area contributed by atoms with Crippen molar-refractivity contribution < 1.29 is 4.79 Å². The number of aromatic nitrogens is 2. The molecule has 6 nitrogen and oxygen atoms in total. The van der Waals surface area contributed by atoms with E-state index in [0.29, 0.717) is 37.0 Å². The zero-order valence-electron chi connectivity index (χ0n) is 12.9. The van der Waals surface area contributed by atoms with Gasteiger partial charge in [-0.25, -0.2) is 14.8 Å². The first-order valence-electron chi connectivity index (χ1n) is 7.48. The molecule has 0 radical (unpaired) electrons. The van der Waals surface area contributed by atoms with Crippen molar-refractivity contribution >= 4 is 29.3 Å². The lowest BCUT2D eigenvalue weighted by Crippen LogP contribution is -2.50. The first-order chi connectivity index (χ1) is 11.1. The Morgan fingerprint density at radius 2 is 1.83 bits per heavy atom. The SMILES string of the molecule is Cc1cccnc1NC(=O)N1CCN(c2ncccc2Cl)CC1. The largest absolute Gasteiger partial charge is 0.352 e. The van der Waals surface area contributed by atoms with E-state index in [1.807, 2.05) is 31.2 Å². The molecular weight excluding hydrogens is 314 g/mol. The van der Waals surface area contributed by atoms with Crippen LogP contribution in [0.15, 0.2) is 36.7 Å². The monoisotopic (exact) mass is 331 g/mol. The van der Waals surface area contributed by atoms with Gasteiger partial charge >= 0.3 is 6.03 Å².